The summed E-state index contributed by atoms with van der Waals surface area (Å²) in [4.78, 5) is 17.6. The zero-order valence-electron chi connectivity index (χ0n) is 17.6. The third kappa shape index (κ3) is 4.09. The fourth-order valence-corrected chi connectivity index (χ4v) is 5.54. The molecule has 2 aliphatic rings. The standard InChI is InChI=1S/C23H28N2O4S/c1-24-13-18-14-25(15-21(18)23(24)17-6-8-19(29-2)9-7-17)22(26)12-16-4-10-20(11-5-16)30(3,27)28/h4-11,18,21,23H,12-15H2,1-3H3/t18-,21+,23-/m0/s1. The zero-order chi connectivity index (χ0) is 21.5. The molecule has 160 valence electrons. The van der Waals surface area contributed by atoms with E-state index in [0.717, 1.165) is 30.9 Å². The molecule has 2 saturated heterocycles. The molecule has 0 bridgehead atoms. The highest BCUT2D eigenvalue weighted by molar-refractivity contribution is 7.90. The van der Waals surface area contributed by atoms with Gasteiger partial charge in [0.15, 0.2) is 9.84 Å². The van der Waals surface area contributed by atoms with Gasteiger partial charge < -0.3 is 9.64 Å². The van der Waals surface area contributed by atoms with Crippen LogP contribution in [0.3, 0.4) is 0 Å². The molecule has 2 aliphatic heterocycles. The first-order valence-electron chi connectivity index (χ1n) is 10.2. The lowest BCUT2D eigenvalue weighted by molar-refractivity contribution is -0.129. The van der Waals surface area contributed by atoms with Gasteiger partial charge in [-0.05, 0) is 48.4 Å². The summed E-state index contributed by atoms with van der Waals surface area (Å²) in [5, 5.41) is 0. The zero-order valence-corrected chi connectivity index (χ0v) is 18.4. The molecule has 1 amide bonds. The quantitative estimate of drug-likeness (QED) is 0.732. The second-order valence-electron chi connectivity index (χ2n) is 8.47. The Morgan fingerprint density at radius 1 is 1.03 bits per heavy atom. The SMILES string of the molecule is COc1ccc([C@H]2[C@@H]3CN(C(=O)Cc4ccc(S(C)(=O)=O)cc4)C[C@@H]3CN2C)cc1. The monoisotopic (exact) mass is 428 g/mol. The van der Waals surface area contributed by atoms with Crippen molar-refractivity contribution in [3.63, 3.8) is 0 Å². The third-order valence-corrected chi connectivity index (χ3v) is 7.54. The highest BCUT2D eigenvalue weighted by Crippen LogP contribution is 2.44. The van der Waals surface area contributed by atoms with Gasteiger partial charge in [0.1, 0.15) is 5.75 Å². The molecule has 0 N–H and O–H groups in total. The molecule has 0 aromatic heterocycles. The number of ether oxygens (including phenoxy) is 1. The minimum absolute atomic E-state index is 0.104. The van der Waals surface area contributed by atoms with E-state index in [1.807, 2.05) is 17.0 Å². The Morgan fingerprint density at radius 3 is 2.30 bits per heavy atom. The van der Waals surface area contributed by atoms with Crippen LogP contribution in [-0.2, 0) is 21.1 Å². The number of rotatable bonds is 5. The number of hydrogen-bond donors (Lipinski definition) is 0. The van der Waals surface area contributed by atoms with Gasteiger partial charge in [0.25, 0.3) is 0 Å². The van der Waals surface area contributed by atoms with Crippen LogP contribution in [0.2, 0.25) is 0 Å². The Balaban J connectivity index is 1.43. The number of carbonyl (C=O) groups is 1. The van der Waals surface area contributed by atoms with Crippen LogP contribution in [0, 0.1) is 11.8 Å². The smallest absolute Gasteiger partial charge is 0.227 e. The van der Waals surface area contributed by atoms with Gasteiger partial charge in [0.2, 0.25) is 5.91 Å². The predicted molar refractivity (Wildman–Crippen MR) is 115 cm³/mol. The summed E-state index contributed by atoms with van der Waals surface area (Å²) in [7, 11) is 0.600. The molecule has 2 heterocycles. The topological polar surface area (TPSA) is 66.9 Å². The van der Waals surface area contributed by atoms with Crippen molar-refractivity contribution in [3.05, 3.63) is 59.7 Å². The molecule has 6 nitrogen and oxygen atoms in total. The van der Waals surface area contributed by atoms with Crippen LogP contribution in [0.5, 0.6) is 5.75 Å². The molecule has 0 spiro atoms. The average Bonchev–Trinajstić information content (AvgIpc) is 3.24. The van der Waals surface area contributed by atoms with Crippen LogP contribution in [0.15, 0.2) is 53.4 Å². The molecular weight excluding hydrogens is 400 g/mol. The molecule has 3 atom stereocenters. The van der Waals surface area contributed by atoms with Crippen molar-refractivity contribution < 1.29 is 17.9 Å². The first kappa shape index (κ1) is 20.9. The van der Waals surface area contributed by atoms with Gasteiger partial charge in [-0.25, -0.2) is 8.42 Å². The van der Waals surface area contributed by atoms with Crippen molar-refractivity contribution in [2.24, 2.45) is 11.8 Å². The maximum atomic E-state index is 12.9. The molecule has 2 aromatic rings. The molecule has 30 heavy (non-hydrogen) atoms. The van der Waals surface area contributed by atoms with Crippen LogP contribution in [0.4, 0.5) is 0 Å². The summed E-state index contributed by atoms with van der Waals surface area (Å²) in [6, 6.07) is 15.2. The summed E-state index contributed by atoms with van der Waals surface area (Å²) in [5.41, 5.74) is 2.10. The highest BCUT2D eigenvalue weighted by atomic mass is 32.2. The summed E-state index contributed by atoms with van der Waals surface area (Å²) < 4.78 is 28.5. The number of benzene rings is 2. The Hall–Kier alpha value is -2.38. The average molecular weight is 429 g/mol. The predicted octanol–water partition coefficient (Wildman–Crippen LogP) is 2.40. The summed E-state index contributed by atoms with van der Waals surface area (Å²) >= 11 is 0. The minimum atomic E-state index is -3.22. The van der Waals surface area contributed by atoms with Gasteiger partial charge in [-0.15, -0.1) is 0 Å². The van der Waals surface area contributed by atoms with Gasteiger partial charge in [0, 0.05) is 37.8 Å². The lowest BCUT2D eigenvalue weighted by Crippen LogP contribution is -2.34. The van der Waals surface area contributed by atoms with E-state index in [2.05, 4.69) is 24.1 Å². The number of hydrogen-bond acceptors (Lipinski definition) is 5. The molecule has 0 radical (unpaired) electrons. The van der Waals surface area contributed by atoms with Crippen molar-refractivity contribution >= 4 is 15.7 Å². The van der Waals surface area contributed by atoms with E-state index in [9.17, 15) is 13.2 Å². The van der Waals surface area contributed by atoms with Gasteiger partial charge in [-0.3, -0.25) is 9.69 Å². The molecule has 0 aliphatic carbocycles. The van der Waals surface area contributed by atoms with Crippen LogP contribution in [-0.4, -0.2) is 64.2 Å². The van der Waals surface area contributed by atoms with E-state index < -0.39 is 9.84 Å². The number of fused-ring (bicyclic) bond motifs is 1. The van der Waals surface area contributed by atoms with Gasteiger partial charge in [0.05, 0.1) is 18.4 Å². The largest absolute Gasteiger partial charge is 0.497 e. The summed E-state index contributed by atoms with van der Waals surface area (Å²) in [6.07, 6.45) is 1.49. The summed E-state index contributed by atoms with van der Waals surface area (Å²) in [6.45, 7) is 2.52. The lowest BCUT2D eigenvalue weighted by Gasteiger charge is -2.27. The molecular formula is C23H28N2O4S. The van der Waals surface area contributed by atoms with Crippen molar-refractivity contribution in [1.82, 2.24) is 9.80 Å². The first-order valence-corrected chi connectivity index (χ1v) is 12.1. The maximum absolute atomic E-state index is 12.9. The van der Waals surface area contributed by atoms with Gasteiger partial charge in [-0.2, -0.15) is 0 Å². The van der Waals surface area contributed by atoms with E-state index in [4.69, 9.17) is 4.74 Å². The molecule has 4 rings (SSSR count). The molecule has 7 heteroatoms. The van der Waals surface area contributed by atoms with Crippen LogP contribution in [0.25, 0.3) is 0 Å². The number of methoxy groups -OCH3 is 1. The number of sulfone groups is 1. The van der Waals surface area contributed by atoms with Crippen molar-refractivity contribution in [2.45, 2.75) is 17.4 Å². The number of likely N-dealkylation sites (tertiary alicyclic amines) is 2. The number of carbonyl (C=O) groups excluding carboxylic acids is 1. The fraction of sp³-hybridized carbons (Fsp3) is 0.435. The van der Waals surface area contributed by atoms with Crippen LogP contribution in [0.1, 0.15) is 17.2 Å². The van der Waals surface area contributed by atoms with Crippen molar-refractivity contribution in [2.75, 3.05) is 40.0 Å². The first-order chi connectivity index (χ1) is 14.3. The molecule has 0 unspecified atom stereocenters. The van der Waals surface area contributed by atoms with E-state index in [-0.39, 0.29) is 10.8 Å². The Labute approximate surface area is 178 Å². The second kappa shape index (κ2) is 8.04. The Bertz CT molecular complexity index is 1020. The summed E-state index contributed by atoms with van der Waals surface area (Å²) in [5.74, 6) is 1.84. The molecule has 2 aromatic carbocycles. The number of nitrogens with zero attached hydrogens (tertiary/aromatic N) is 2. The van der Waals surface area contributed by atoms with Crippen molar-refractivity contribution in [3.8, 4) is 5.75 Å². The highest BCUT2D eigenvalue weighted by Gasteiger charge is 2.47. The third-order valence-electron chi connectivity index (χ3n) is 6.41. The molecule has 2 fully saturated rings. The molecule has 0 saturated carbocycles. The lowest BCUT2D eigenvalue weighted by atomic mass is 9.89. The van der Waals surface area contributed by atoms with Crippen LogP contribution < -0.4 is 4.74 Å². The van der Waals surface area contributed by atoms with E-state index in [1.54, 1.807) is 31.4 Å². The van der Waals surface area contributed by atoms with E-state index in [0.29, 0.717) is 24.3 Å². The van der Waals surface area contributed by atoms with Crippen LogP contribution >= 0.6 is 0 Å². The van der Waals surface area contributed by atoms with Gasteiger partial charge in [-0.1, -0.05) is 24.3 Å². The number of amides is 1. The Morgan fingerprint density at radius 2 is 1.70 bits per heavy atom. The maximum Gasteiger partial charge on any atom is 0.227 e. The van der Waals surface area contributed by atoms with Gasteiger partial charge >= 0.3 is 0 Å². The Kier molecular flexibility index (Phi) is 5.59. The minimum Gasteiger partial charge on any atom is -0.497 e. The van der Waals surface area contributed by atoms with Crippen molar-refractivity contribution in [1.29, 1.82) is 0 Å². The van der Waals surface area contributed by atoms with E-state index in [1.165, 1.54) is 11.8 Å². The fourth-order valence-electron chi connectivity index (χ4n) is 4.90. The van der Waals surface area contributed by atoms with E-state index >= 15 is 0 Å². The second-order valence-corrected chi connectivity index (χ2v) is 10.5. The normalized spacial score (nSPS) is 24.1.